The van der Waals surface area contributed by atoms with E-state index in [9.17, 15) is 9.59 Å². The quantitative estimate of drug-likeness (QED) is 0.804. The minimum atomic E-state index is -0.624. The average molecular weight is 313 g/mol. The van der Waals surface area contributed by atoms with Crippen LogP contribution < -0.4 is 5.32 Å². The molecule has 3 nitrogen and oxygen atoms in total. The Kier molecular flexibility index (Phi) is 4.07. The minimum Gasteiger partial charge on any atom is -0.354 e. The lowest BCUT2D eigenvalue weighted by Crippen LogP contribution is -2.55. The number of rotatable bonds is 1. The molecule has 1 aliphatic heterocycles. The number of benzene rings is 1. The van der Waals surface area contributed by atoms with Crippen molar-refractivity contribution in [2.24, 2.45) is 5.41 Å². The molecular weight excluding hydrogens is 286 g/mol. The molecule has 1 unspecified atom stereocenters. The molecule has 1 saturated heterocycles. The van der Waals surface area contributed by atoms with E-state index in [1.807, 2.05) is 13.8 Å². The minimum absolute atomic E-state index is 0.111. The van der Waals surface area contributed by atoms with Crippen LogP contribution >= 0.6 is 0 Å². The number of hydrogen-bond acceptors (Lipinski definition) is 2. The van der Waals surface area contributed by atoms with Gasteiger partial charge in [0.25, 0.3) is 0 Å². The Morgan fingerprint density at radius 1 is 0.957 bits per heavy atom. The van der Waals surface area contributed by atoms with Crippen LogP contribution in [0, 0.1) is 33.1 Å². The van der Waals surface area contributed by atoms with Gasteiger partial charge in [-0.1, -0.05) is 25.3 Å². The van der Waals surface area contributed by atoms with Gasteiger partial charge in [0.2, 0.25) is 5.91 Å². The lowest BCUT2D eigenvalue weighted by atomic mass is 9.64. The lowest BCUT2D eigenvalue weighted by Gasteiger charge is -2.42. The second-order valence-corrected chi connectivity index (χ2v) is 7.53. The Morgan fingerprint density at radius 3 is 2.26 bits per heavy atom. The second-order valence-electron chi connectivity index (χ2n) is 7.53. The third kappa shape index (κ3) is 2.50. The van der Waals surface area contributed by atoms with Gasteiger partial charge in [-0.3, -0.25) is 9.59 Å². The van der Waals surface area contributed by atoms with Crippen molar-refractivity contribution in [2.45, 2.75) is 65.7 Å². The Balaban J connectivity index is 2.09. The first-order chi connectivity index (χ1) is 10.9. The van der Waals surface area contributed by atoms with E-state index in [1.54, 1.807) is 0 Å². The smallest absolute Gasteiger partial charge is 0.235 e. The van der Waals surface area contributed by atoms with Crippen LogP contribution in [0.3, 0.4) is 0 Å². The molecule has 3 rings (SSSR count). The molecule has 3 heteroatoms. The summed E-state index contributed by atoms with van der Waals surface area (Å²) in [5.41, 5.74) is 5.19. The number of amides is 1. The maximum absolute atomic E-state index is 13.4. The van der Waals surface area contributed by atoms with Gasteiger partial charge in [0, 0.05) is 12.0 Å². The predicted molar refractivity (Wildman–Crippen MR) is 91.7 cm³/mol. The number of ketones is 1. The van der Waals surface area contributed by atoms with Crippen LogP contribution in [0.2, 0.25) is 0 Å². The molecule has 1 aromatic rings. The number of carbonyl (C=O) groups is 2. The molecule has 1 aromatic carbocycles. The molecule has 1 spiro atoms. The van der Waals surface area contributed by atoms with Gasteiger partial charge in [-0.2, -0.15) is 0 Å². The summed E-state index contributed by atoms with van der Waals surface area (Å²) in [5, 5.41) is 3.05. The van der Waals surface area contributed by atoms with E-state index in [-0.39, 0.29) is 17.1 Å². The van der Waals surface area contributed by atoms with Gasteiger partial charge in [-0.25, -0.2) is 0 Å². The van der Waals surface area contributed by atoms with Crippen molar-refractivity contribution >= 4 is 11.7 Å². The zero-order valence-electron chi connectivity index (χ0n) is 14.7. The van der Waals surface area contributed by atoms with Crippen LogP contribution in [0.5, 0.6) is 0 Å². The topological polar surface area (TPSA) is 46.2 Å². The monoisotopic (exact) mass is 313 g/mol. The fraction of sp³-hybridized carbons (Fsp3) is 0.600. The highest BCUT2D eigenvalue weighted by Gasteiger charge is 2.49. The first-order valence-electron chi connectivity index (χ1n) is 8.77. The Bertz CT molecular complexity index is 669. The third-order valence-electron chi connectivity index (χ3n) is 6.16. The molecule has 0 radical (unpaired) electrons. The van der Waals surface area contributed by atoms with Crippen molar-refractivity contribution in [2.75, 3.05) is 6.54 Å². The number of hydrogen-bond donors (Lipinski definition) is 1. The van der Waals surface area contributed by atoms with Gasteiger partial charge < -0.3 is 5.32 Å². The van der Waals surface area contributed by atoms with Crippen molar-refractivity contribution in [1.82, 2.24) is 5.32 Å². The summed E-state index contributed by atoms with van der Waals surface area (Å²) in [5.74, 6) is -0.572. The second kappa shape index (κ2) is 5.77. The molecular formula is C20H27NO2. The zero-order valence-corrected chi connectivity index (χ0v) is 14.7. The fourth-order valence-electron chi connectivity index (χ4n) is 4.53. The van der Waals surface area contributed by atoms with E-state index in [4.69, 9.17) is 0 Å². The summed E-state index contributed by atoms with van der Waals surface area (Å²) in [6.07, 6.45) is 5.24. The first kappa shape index (κ1) is 16.2. The summed E-state index contributed by atoms with van der Waals surface area (Å²) < 4.78 is 0. The maximum Gasteiger partial charge on any atom is 0.235 e. The molecule has 1 aliphatic carbocycles. The van der Waals surface area contributed by atoms with E-state index in [2.05, 4.69) is 25.2 Å². The Hall–Kier alpha value is -1.64. The van der Waals surface area contributed by atoms with Crippen molar-refractivity contribution < 1.29 is 9.59 Å². The number of carbonyl (C=O) groups excluding carboxylic acids is 2. The Labute approximate surface area is 138 Å². The highest BCUT2D eigenvalue weighted by atomic mass is 16.2. The number of nitrogens with one attached hydrogen (secondary N) is 1. The summed E-state index contributed by atoms with van der Waals surface area (Å²) >= 11 is 0. The number of Topliss-reactive ketones (excluding diaryl/α,β-unsaturated/α-hetero) is 1. The first-order valence-corrected chi connectivity index (χ1v) is 8.77. The third-order valence-corrected chi connectivity index (χ3v) is 6.16. The van der Waals surface area contributed by atoms with Crippen LogP contribution in [-0.4, -0.2) is 18.2 Å². The van der Waals surface area contributed by atoms with E-state index < -0.39 is 5.92 Å². The lowest BCUT2D eigenvalue weighted by molar-refractivity contribution is -0.142. The van der Waals surface area contributed by atoms with Crippen LogP contribution in [-0.2, 0) is 9.59 Å². The molecule has 124 valence electrons. The zero-order chi connectivity index (χ0) is 16.8. The van der Waals surface area contributed by atoms with Gasteiger partial charge in [0.05, 0.1) is 0 Å². The fourth-order valence-corrected chi connectivity index (χ4v) is 4.53. The standard InChI is InChI=1S/C20H27NO2/c1-12-10-13(2)16(15(4)14(12)3)17-18(22)20(11-21-19(17)23)8-6-5-7-9-20/h10,17H,5-9,11H2,1-4H3,(H,21,23). The summed E-state index contributed by atoms with van der Waals surface area (Å²) in [7, 11) is 0. The average Bonchev–Trinajstić information content (AvgIpc) is 2.53. The van der Waals surface area contributed by atoms with E-state index >= 15 is 0 Å². The van der Waals surface area contributed by atoms with Gasteiger partial charge in [-0.15, -0.1) is 0 Å². The summed E-state index contributed by atoms with van der Waals surface area (Å²) in [6.45, 7) is 8.77. The van der Waals surface area contributed by atoms with Gasteiger partial charge in [-0.05, 0) is 68.4 Å². The molecule has 1 heterocycles. The van der Waals surface area contributed by atoms with Crippen LogP contribution in [0.15, 0.2) is 6.07 Å². The summed E-state index contributed by atoms with van der Waals surface area (Å²) in [6, 6.07) is 2.11. The molecule has 0 bridgehead atoms. The van der Waals surface area contributed by atoms with Gasteiger partial charge in [0.1, 0.15) is 5.92 Å². The van der Waals surface area contributed by atoms with E-state index in [0.717, 1.165) is 42.4 Å². The van der Waals surface area contributed by atoms with Crippen molar-refractivity contribution in [3.63, 3.8) is 0 Å². The molecule has 1 N–H and O–H groups in total. The van der Waals surface area contributed by atoms with E-state index in [0.29, 0.717) is 6.54 Å². The maximum atomic E-state index is 13.4. The van der Waals surface area contributed by atoms with Gasteiger partial charge >= 0.3 is 0 Å². The molecule has 1 amide bonds. The molecule has 0 aromatic heterocycles. The van der Waals surface area contributed by atoms with Crippen molar-refractivity contribution in [3.05, 3.63) is 33.9 Å². The molecule has 2 fully saturated rings. The van der Waals surface area contributed by atoms with Crippen molar-refractivity contribution in [1.29, 1.82) is 0 Å². The van der Waals surface area contributed by atoms with Gasteiger partial charge in [0.15, 0.2) is 5.78 Å². The molecule has 2 aliphatic rings. The number of aryl methyl sites for hydroxylation is 2. The predicted octanol–water partition coefficient (Wildman–Crippen LogP) is 3.65. The summed E-state index contributed by atoms with van der Waals surface area (Å²) in [4.78, 5) is 26.0. The van der Waals surface area contributed by atoms with E-state index in [1.165, 1.54) is 17.5 Å². The highest BCUT2D eigenvalue weighted by molar-refractivity contribution is 6.11. The van der Waals surface area contributed by atoms with Crippen molar-refractivity contribution in [3.8, 4) is 0 Å². The Morgan fingerprint density at radius 2 is 1.61 bits per heavy atom. The molecule has 23 heavy (non-hydrogen) atoms. The van der Waals surface area contributed by atoms with Crippen LogP contribution in [0.4, 0.5) is 0 Å². The SMILES string of the molecule is Cc1cc(C)c(C2C(=O)NCC3(CCCCC3)C2=O)c(C)c1C. The highest BCUT2D eigenvalue weighted by Crippen LogP contribution is 2.44. The normalized spacial score (nSPS) is 23.9. The number of piperidine rings is 1. The van der Waals surface area contributed by atoms with Crippen LogP contribution in [0.1, 0.15) is 65.8 Å². The molecule has 1 saturated carbocycles. The largest absolute Gasteiger partial charge is 0.354 e. The van der Waals surface area contributed by atoms with Crippen LogP contribution in [0.25, 0.3) is 0 Å². The molecule has 1 atom stereocenters.